The number of tetrazole rings is 1. The molecule has 152 valence electrons. The fourth-order valence-corrected chi connectivity index (χ4v) is 4.53. The molecule has 12 heteroatoms. The molecule has 0 spiro atoms. The smallest absolute Gasteiger partial charge is 0.377 e. The maximum Gasteiger partial charge on any atom is 0.394 e. The Labute approximate surface area is 153 Å². The molecule has 1 aromatic carbocycles. The minimum absolute atomic E-state index is 0.315. The summed E-state index contributed by atoms with van der Waals surface area (Å²) in [5.74, 6) is -6.68. The van der Waals surface area contributed by atoms with Gasteiger partial charge in [-0.1, -0.05) is 0 Å². The lowest BCUT2D eigenvalue weighted by Gasteiger charge is -2.73. The average Bonchev–Trinajstić information content (AvgIpc) is 2.94. The van der Waals surface area contributed by atoms with Gasteiger partial charge in [-0.15, -0.1) is 5.10 Å². The van der Waals surface area contributed by atoms with Crippen LogP contribution in [0.15, 0.2) is 24.5 Å². The maximum absolute atomic E-state index is 15.5. The number of hydrogen-bond donors (Lipinski definition) is 1. The summed E-state index contributed by atoms with van der Waals surface area (Å²) in [6.07, 6.45) is -6.38. The van der Waals surface area contributed by atoms with E-state index in [0.717, 1.165) is 6.33 Å². The van der Waals surface area contributed by atoms with Crippen LogP contribution in [0.3, 0.4) is 0 Å². The first-order valence-corrected chi connectivity index (χ1v) is 8.19. The van der Waals surface area contributed by atoms with Crippen molar-refractivity contribution in [3.8, 4) is 0 Å². The number of aromatic nitrogens is 4. The summed E-state index contributed by atoms with van der Waals surface area (Å²) in [5.41, 5.74) is -8.59. The zero-order valence-corrected chi connectivity index (χ0v) is 14.0. The average molecular weight is 410 g/mol. The second-order valence-corrected chi connectivity index (χ2v) is 7.65. The molecule has 5 nitrogen and oxygen atoms in total. The lowest BCUT2D eigenvalue weighted by Crippen LogP contribution is -2.77. The van der Waals surface area contributed by atoms with Crippen LogP contribution in [0.2, 0.25) is 0 Å². The molecule has 1 atom stereocenters. The van der Waals surface area contributed by atoms with Crippen molar-refractivity contribution in [2.45, 2.75) is 43.5 Å². The molecule has 2 aromatic rings. The van der Waals surface area contributed by atoms with Gasteiger partial charge in [0.05, 0.1) is 12.0 Å². The van der Waals surface area contributed by atoms with E-state index in [0.29, 0.717) is 22.9 Å². The highest BCUT2D eigenvalue weighted by molar-refractivity contribution is 5.34. The molecule has 0 unspecified atom stereocenters. The predicted molar refractivity (Wildman–Crippen MR) is 77.8 cm³/mol. The van der Waals surface area contributed by atoms with Crippen molar-refractivity contribution in [2.75, 3.05) is 0 Å². The second-order valence-electron chi connectivity index (χ2n) is 7.65. The Hall–Kier alpha value is -2.24. The van der Waals surface area contributed by atoms with Gasteiger partial charge in [0.15, 0.2) is 5.60 Å². The third-order valence-electron chi connectivity index (χ3n) is 5.98. The highest BCUT2D eigenvalue weighted by Crippen LogP contribution is 2.84. The first kappa shape index (κ1) is 19.1. The Morgan fingerprint density at radius 2 is 1.68 bits per heavy atom. The highest BCUT2D eigenvalue weighted by Gasteiger charge is 2.87. The fourth-order valence-electron chi connectivity index (χ4n) is 4.53. The molecule has 28 heavy (non-hydrogen) atoms. The summed E-state index contributed by atoms with van der Waals surface area (Å²) in [6.45, 7) is -1.03. The molecule has 3 saturated carbocycles. The molecular formula is C16H13F7N4O. The minimum atomic E-state index is -4.64. The maximum atomic E-state index is 15.5. The topological polar surface area (TPSA) is 63.8 Å². The van der Waals surface area contributed by atoms with Crippen molar-refractivity contribution in [1.29, 1.82) is 0 Å². The van der Waals surface area contributed by atoms with Gasteiger partial charge in [0.2, 0.25) is 0 Å². The SMILES string of the molecule is O[C@](Cn1cnnn1)(c1ccc(F)cc1F)C(F)(F)C12CC(C(F)(F)F)(C1)C2. The van der Waals surface area contributed by atoms with E-state index in [1.807, 2.05) is 0 Å². The van der Waals surface area contributed by atoms with Crippen LogP contribution < -0.4 is 0 Å². The molecule has 0 saturated heterocycles. The van der Waals surface area contributed by atoms with E-state index in [1.54, 1.807) is 0 Å². The van der Waals surface area contributed by atoms with Crippen LogP contribution in [-0.2, 0) is 12.1 Å². The van der Waals surface area contributed by atoms with Crippen LogP contribution in [0.4, 0.5) is 30.7 Å². The Bertz CT molecular complexity index is 894. The van der Waals surface area contributed by atoms with Crippen LogP contribution in [-0.4, -0.2) is 37.4 Å². The summed E-state index contributed by atoms with van der Waals surface area (Å²) < 4.78 is 98.5. The third-order valence-corrected chi connectivity index (χ3v) is 5.98. The lowest BCUT2D eigenvalue weighted by molar-refractivity contribution is -0.432. The van der Waals surface area contributed by atoms with Crippen molar-refractivity contribution in [3.05, 3.63) is 41.7 Å². The standard InChI is InChI=1S/C16H13F7N4O/c17-9-1-2-10(11(18)3-9)14(28,7-27-8-24-25-26-27)15(19,20)12-4-13(5-12,6-12)16(21,22)23/h1-3,8,28H,4-7H2/t12?,13?,14-/m1/s1. The minimum Gasteiger partial charge on any atom is -0.377 e. The van der Waals surface area contributed by atoms with E-state index in [4.69, 9.17) is 0 Å². The molecule has 5 rings (SSSR count). The number of hydrogen-bond acceptors (Lipinski definition) is 4. The summed E-state index contributed by atoms with van der Waals surface area (Å²) in [5, 5.41) is 20.8. The number of nitrogens with zero attached hydrogens (tertiary/aromatic N) is 4. The van der Waals surface area contributed by atoms with Crippen LogP contribution in [0.5, 0.6) is 0 Å². The van der Waals surface area contributed by atoms with E-state index in [1.165, 1.54) is 0 Å². The van der Waals surface area contributed by atoms with Crippen LogP contribution >= 0.6 is 0 Å². The number of benzene rings is 1. The normalized spacial score (nSPS) is 29.0. The molecule has 3 aliphatic carbocycles. The molecule has 2 bridgehead atoms. The van der Waals surface area contributed by atoms with Gasteiger partial charge in [-0.25, -0.2) is 22.2 Å². The second kappa shape index (κ2) is 5.43. The van der Waals surface area contributed by atoms with Crippen molar-refractivity contribution in [3.63, 3.8) is 0 Å². The zero-order chi connectivity index (χ0) is 20.6. The van der Waals surface area contributed by atoms with Crippen molar-refractivity contribution in [2.24, 2.45) is 10.8 Å². The van der Waals surface area contributed by atoms with Gasteiger partial charge >= 0.3 is 6.18 Å². The van der Waals surface area contributed by atoms with Crippen molar-refractivity contribution in [1.82, 2.24) is 20.2 Å². The monoisotopic (exact) mass is 410 g/mol. The highest BCUT2D eigenvalue weighted by atomic mass is 19.4. The van der Waals surface area contributed by atoms with Gasteiger partial charge in [-0.2, -0.15) is 13.2 Å². The molecule has 1 aromatic heterocycles. The Morgan fingerprint density at radius 3 is 2.18 bits per heavy atom. The van der Waals surface area contributed by atoms with E-state index in [-0.39, 0.29) is 0 Å². The largest absolute Gasteiger partial charge is 0.394 e. The summed E-state index contributed by atoms with van der Waals surface area (Å²) in [6, 6.07) is 1.64. The number of rotatable bonds is 5. The van der Waals surface area contributed by atoms with Gasteiger partial charge in [0.25, 0.3) is 5.92 Å². The van der Waals surface area contributed by atoms with Crippen LogP contribution in [0.25, 0.3) is 0 Å². The van der Waals surface area contributed by atoms with Gasteiger partial charge in [-0.3, -0.25) is 0 Å². The first-order chi connectivity index (χ1) is 12.9. The molecule has 0 amide bonds. The Kier molecular flexibility index (Phi) is 3.70. The summed E-state index contributed by atoms with van der Waals surface area (Å²) >= 11 is 0. The summed E-state index contributed by atoms with van der Waals surface area (Å²) in [4.78, 5) is 0. The van der Waals surface area contributed by atoms with E-state index in [9.17, 15) is 27.1 Å². The van der Waals surface area contributed by atoms with E-state index < -0.39 is 71.5 Å². The first-order valence-electron chi connectivity index (χ1n) is 8.19. The fraction of sp³-hybridized carbons (Fsp3) is 0.562. The lowest BCUT2D eigenvalue weighted by atomic mass is 9.31. The van der Waals surface area contributed by atoms with Gasteiger partial charge in [0.1, 0.15) is 18.0 Å². The number of halogens is 7. The van der Waals surface area contributed by atoms with Gasteiger partial charge in [-0.05, 0) is 41.8 Å². The molecule has 3 fully saturated rings. The Balaban J connectivity index is 1.76. The quantitative estimate of drug-likeness (QED) is 0.769. The predicted octanol–water partition coefficient (Wildman–Crippen LogP) is 3.21. The molecule has 1 N–H and O–H groups in total. The summed E-state index contributed by atoms with van der Waals surface area (Å²) in [7, 11) is 0. The van der Waals surface area contributed by atoms with Crippen molar-refractivity contribution >= 4 is 0 Å². The third kappa shape index (κ3) is 2.26. The zero-order valence-electron chi connectivity index (χ0n) is 14.0. The number of aliphatic hydroxyl groups is 1. The van der Waals surface area contributed by atoms with Gasteiger partial charge < -0.3 is 5.11 Å². The van der Waals surface area contributed by atoms with Crippen LogP contribution in [0, 0.1) is 22.5 Å². The van der Waals surface area contributed by atoms with Gasteiger partial charge in [0, 0.05) is 17.0 Å². The number of alkyl halides is 5. The van der Waals surface area contributed by atoms with Crippen molar-refractivity contribution < 1.29 is 35.8 Å². The Morgan fingerprint density at radius 1 is 1.04 bits per heavy atom. The van der Waals surface area contributed by atoms with E-state index in [2.05, 4.69) is 15.5 Å². The molecule has 3 aliphatic rings. The molecule has 0 radical (unpaired) electrons. The van der Waals surface area contributed by atoms with Crippen LogP contribution in [0.1, 0.15) is 24.8 Å². The van der Waals surface area contributed by atoms with E-state index >= 15 is 8.78 Å². The molecule has 1 heterocycles. The molecule has 0 aliphatic heterocycles. The molecular weight excluding hydrogens is 397 g/mol.